The molecule has 0 aliphatic rings. The summed E-state index contributed by atoms with van der Waals surface area (Å²) in [5.41, 5.74) is 2.30. The zero-order chi connectivity index (χ0) is 15.4. The van der Waals surface area contributed by atoms with Gasteiger partial charge in [0, 0.05) is 28.2 Å². The third-order valence-electron chi connectivity index (χ3n) is 3.23. The van der Waals surface area contributed by atoms with Crippen molar-refractivity contribution in [3.8, 4) is 11.8 Å². The Hall–Kier alpha value is -3.06. The monoisotopic (exact) mass is 292 g/mol. The number of rotatable bonds is 2. The molecule has 0 bridgehead atoms. The Bertz CT molecular complexity index is 869. The molecule has 0 fully saturated rings. The van der Waals surface area contributed by atoms with E-state index in [0.717, 1.165) is 10.9 Å². The zero-order valence-electron chi connectivity index (χ0n) is 11.7. The van der Waals surface area contributed by atoms with Crippen LogP contribution >= 0.6 is 0 Å². The lowest BCUT2D eigenvalue weighted by atomic mass is 10.1. The molecule has 0 saturated carbocycles. The van der Waals surface area contributed by atoms with Crippen molar-refractivity contribution in [2.75, 3.05) is 6.54 Å². The van der Waals surface area contributed by atoms with Crippen LogP contribution in [0.15, 0.2) is 54.7 Å². The van der Waals surface area contributed by atoms with Crippen molar-refractivity contribution in [3.05, 3.63) is 71.7 Å². The van der Waals surface area contributed by atoms with Gasteiger partial charge in [-0.05, 0) is 48.5 Å². The molecule has 2 aromatic carbocycles. The number of aromatic nitrogens is 1. The third-order valence-corrected chi connectivity index (χ3v) is 3.23. The van der Waals surface area contributed by atoms with Crippen molar-refractivity contribution in [1.82, 2.24) is 10.3 Å². The first kappa shape index (κ1) is 13.9. The van der Waals surface area contributed by atoms with E-state index in [2.05, 4.69) is 22.1 Å². The van der Waals surface area contributed by atoms with E-state index >= 15 is 0 Å². The van der Waals surface area contributed by atoms with E-state index in [1.54, 1.807) is 18.2 Å². The second kappa shape index (κ2) is 6.15. The number of fused-ring (bicyclic) bond motifs is 1. The average molecular weight is 292 g/mol. The first-order chi connectivity index (χ1) is 10.7. The van der Waals surface area contributed by atoms with Crippen LogP contribution in [0.5, 0.6) is 0 Å². The molecule has 108 valence electrons. The first-order valence-corrected chi connectivity index (χ1v) is 6.82. The molecule has 0 atom stereocenters. The predicted molar refractivity (Wildman–Crippen MR) is 83.9 cm³/mol. The highest BCUT2D eigenvalue weighted by Gasteiger charge is 2.05. The smallest absolute Gasteiger partial charge is 0.252 e. The summed E-state index contributed by atoms with van der Waals surface area (Å²) in [6.45, 7) is 0.237. The van der Waals surface area contributed by atoms with Crippen LogP contribution in [-0.4, -0.2) is 17.4 Å². The highest BCUT2D eigenvalue weighted by molar-refractivity contribution is 5.98. The zero-order valence-corrected chi connectivity index (χ0v) is 11.7. The van der Waals surface area contributed by atoms with Crippen LogP contribution < -0.4 is 5.32 Å². The van der Waals surface area contributed by atoms with Crippen LogP contribution in [0.1, 0.15) is 15.9 Å². The van der Waals surface area contributed by atoms with E-state index in [4.69, 9.17) is 0 Å². The SMILES string of the molecule is O=C(NCC#Cc1ccc(F)cc1)c1ccc2[nH]ccc2c1. The van der Waals surface area contributed by atoms with Crippen molar-refractivity contribution in [2.45, 2.75) is 0 Å². The molecule has 3 rings (SSSR count). The number of halogens is 1. The highest BCUT2D eigenvalue weighted by Crippen LogP contribution is 2.14. The van der Waals surface area contributed by atoms with E-state index in [1.807, 2.05) is 24.4 Å². The van der Waals surface area contributed by atoms with Gasteiger partial charge in [-0.15, -0.1) is 0 Å². The number of hydrogen-bond donors (Lipinski definition) is 2. The second-order valence-corrected chi connectivity index (χ2v) is 4.77. The number of carbonyl (C=O) groups excluding carboxylic acids is 1. The summed E-state index contributed by atoms with van der Waals surface area (Å²) in [4.78, 5) is 15.1. The molecule has 0 aliphatic carbocycles. The Morgan fingerprint density at radius 3 is 2.77 bits per heavy atom. The number of hydrogen-bond acceptors (Lipinski definition) is 1. The van der Waals surface area contributed by atoms with Gasteiger partial charge in [0.1, 0.15) is 5.82 Å². The molecule has 2 N–H and O–H groups in total. The van der Waals surface area contributed by atoms with Crippen molar-refractivity contribution in [1.29, 1.82) is 0 Å². The van der Waals surface area contributed by atoms with Gasteiger partial charge in [-0.1, -0.05) is 11.8 Å². The first-order valence-electron chi connectivity index (χ1n) is 6.82. The quantitative estimate of drug-likeness (QED) is 0.700. The Labute approximate surface area is 127 Å². The van der Waals surface area contributed by atoms with Crippen molar-refractivity contribution < 1.29 is 9.18 Å². The normalized spacial score (nSPS) is 10.0. The fourth-order valence-electron chi connectivity index (χ4n) is 2.10. The fourth-order valence-corrected chi connectivity index (χ4v) is 2.10. The summed E-state index contributed by atoms with van der Waals surface area (Å²) < 4.78 is 12.7. The largest absolute Gasteiger partial charge is 0.361 e. The van der Waals surface area contributed by atoms with Gasteiger partial charge in [-0.25, -0.2) is 4.39 Å². The van der Waals surface area contributed by atoms with Gasteiger partial charge >= 0.3 is 0 Å². The predicted octanol–water partition coefficient (Wildman–Crippen LogP) is 3.09. The Morgan fingerprint density at radius 1 is 1.14 bits per heavy atom. The summed E-state index contributed by atoms with van der Waals surface area (Å²) in [7, 11) is 0. The van der Waals surface area contributed by atoms with Gasteiger partial charge in [0.05, 0.1) is 6.54 Å². The molecular weight excluding hydrogens is 279 g/mol. The van der Waals surface area contributed by atoms with Crippen molar-refractivity contribution >= 4 is 16.8 Å². The Balaban J connectivity index is 1.61. The summed E-state index contributed by atoms with van der Waals surface area (Å²) in [6, 6.07) is 13.3. The van der Waals surface area contributed by atoms with Crippen LogP contribution in [-0.2, 0) is 0 Å². The van der Waals surface area contributed by atoms with E-state index in [9.17, 15) is 9.18 Å². The molecule has 4 heteroatoms. The summed E-state index contributed by atoms with van der Waals surface area (Å²) in [5, 5.41) is 3.73. The number of H-pyrrole nitrogens is 1. The van der Waals surface area contributed by atoms with Gasteiger partial charge in [0.15, 0.2) is 0 Å². The van der Waals surface area contributed by atoms with Crippen LogP contribution in [0.4, 0.5) is 4.39 Å². The summed E-state index contributed by atoms with van der Waals surface area (Å²) >= 11 is 0. The Kier molecular flexibility index (Phi) is 3.88. The average Bonchev–Trinajstić information content (AvgIpc) is 3.00. The van der Waals surface area contributed by atoms with E-state index in [0.29, 0.717) is 11.1 Å². The van der Waals surface area contributed by atoms with Gasteiger partial charge in [0.25, 0.3) is 5.91 Å². The molecular formula is C18H13FN2O. The van der Waals surface area contributed by atoms with Crippen molar-refractivity contribution in [3.63, 3.8) is 0 Å². The molecule has 0 saturated heterocycles. The van der Waals surface area contributed by atoms with E-state index < -0.39 is 0 Å². The molecule has 22 heavy (non-hydrogen) atoms. The highest BCUT2D eigenvalue weighted by atomic mass is 19.1. The molecule has 0 aliphatic heterocycles. The maximum Gasteiger partial charge on any atom is 0.252 e. The van der Waals surface area contributed by atoms with Crippen LogP contribution in [0.25, 0.3) is 10.9 Å². The van der Waals surface area contributed by atoms with Crippen LogP contribution in [0.2, 0.25) is 0 Å². The Morgan fingerprint density at radius 2 is 1.95 bits per heavy atom. The molecule has 3 aromatic rings. The molecule has 1 aromatic heterocycles. The molecule has 0 unspecified atom stereocenters. The number of amides is 1. The van der Waals surface area contributed by atoms with Gasteiger partial charge < -0.3 is 10.3 Å². The van der Waals surface area contributed by atoms with Crippen molar-refractivity contribution in [2.24, 2.45) is 0 Å². The van der Waals surface area contributed by atoms with Crippen LogP contribution in [0.3, 0.4) is 0 Å². The fraction of sp³-hybridized carbons (Fsp3) is 0.0556. The second-order valence-electron chi connectivity index (χ2n) is 4.77. The summed E-state index contributed by atoms with van der Waals surface area (Å²) in [5.74, 6) is 5.25. The minimum Gasteiger partial charge on any atom is -0.361 e. The number of carbonyl (C=O) groups is 1. The number of benzene rings is 2. The molecule has 0 radical (unpaired) electrons. The lowest BCUT2D eigenvalue weighted by Gasteiger charge is -2.01. The lowest BCUT2D eigenvalue weighted by Crippen LogP contribution is -2.23. The summed E-state index contributed by atoms with van der Waals surface area (Å²) in [6.07, 6.45) is 1.83. The minimum absolute atomic E-state index is 0.170. The molecule has 0 spiro atoms. The molecule has 1 heterocycles. The van der Waals surface area contributed by atoms with E-state index in [-0.39, 0.29) is 18.3 Å². The van der Waals surface area contributed by atoms with Crippen LogP contribution in [0, 0.1) is 17.7 Å². The van der Waals surface area contributed by atoms with Gasteiger partial charge in [-0.3, -0.25) is 4.79 Å². The number of aromatic amines is 1. The van der Waals surface area contributed by atoms with E-state index in [1.165, 1.54) is 12.1 Å². The maximum atomic E-state index is 12.7. The topological polar surface area (TPSA) is 44.9 Å². The lowest BCUT2D eigenvalue weighted by molar-refractivity contribution is 0.0959. The molecule has 1 amide bonds. The standard InChI is InChI=1S/C18H13FN2O/c19-16-6-3-13(4-7-16)2-1-10-21-18(22)15-5-8-17-14(12-15)9-11-20-17/h3-9,11-12,20H,10H2,(H,21,22). The number of nitrogens with one attached hydrogen (secondary N) is 2. The van der Waals surface area contributed by atoms with Gasteiger partial charge in [-0.2, -0.15) is 0 Å². The third kappa shape index (κ3) is 3.15. The van der Waals surface area contributed by atoms with Gasteiger partial charge in [0.2, 0.25) is 0 Å². The molecule has 3 nitrogen and oxygen atoms in total. The maximum absolute atomic E-state index is 12.7. The minimum atomic E-state index is -0.293.